The van der Waals surface area contributed by atoms with E-state index in [1.807, 2.05) is 0 Å². The van der Waals surface area contributed by atoms with Crippen LogP contribution in [-0.4, -0.2) is 37.1 Å². The van der Waals surface area contributed by atoms with Crippen LogP contribution < -0.4 is 11.1 Å². The molecule has 0 saturated carbocycles. The molecular formula is C11H14F3N3O. The first-order valence-electron chi connectivity index (χ1n) is 5.17. The summed E-state index contributed by atoms with van der Waals surface area (Å²) in [4.78, 5) is 12.3. The third-order valence-corrected chi connectivity index (χ3v) is 2.06. The van der Waals surface area contributed by atoms with E-state index in [0.717, 1.165) is 4.90 Å². The summed E-state index contributed by atoms with van der Waals surface area (Å²) in [6.07, 6.45) is -4.31. The van der Waals surface area contributed by atoms with E-state index in [1.165, 1.54) is 7.05 Å². The lowest BCUT2D eigenvalue weighted by molar-refractivity contribution is -0.145. The summed E-state index contributed by atoms with van der Waals surface area (Å²) in [5, 5.41) is 2.48. The lowest BCUT2D eigenvalue weighted by Gasteiger charge is -2.17. The fourth-order valence-corrected chi connectivity index (χ4v) is 1.37. The van der Waals surface area contributed by atoms with E-state index < -0.39 is 18.6 Å². The number of likely N-dealkylation sites (N-methyl/N-ethyl adjacent to an activating group) is 1. The van der Waals surface area contributed by atoms with Crippen LogP contribution in [0.5, 0.6) is 0 Å². The molecule has 0 fully saturated rings. The zero-order valence-corrected chi connectivity index (χ0v) is 9.79. The van der Waals surface area contributed by atoms with Crippen molar-refractivity contribution >= 4 is 17.3 Å². The number of nitrogens with one attached hydrogen (secondary N) is 1. The van der Waals surface area contributed by atoms with Gasteiger partial charge in [-0.25, -0.2) is 0 Å². The number of benzene rings is 1. The van der Waals surface area contributed by atoms with E-state index in [-0.39, 0.29) is 6.54 Å². The molecule has 0 aromatic heterocycles. The number of rotatable bonds is 4. The summed E-state index contributed by atoms with van der Waals surface area (Å²) < 4.78 is 36.1. The van der Waals surface area contributed by atoms with Crippen LogP contribution in [0.2, 0.25) is 0 Å². The topological polar surface area (TPSA) is 58.4 Å². The van der Waals surface area contributed by atoms with Gasteiger partial charge in [-0.05, 0) is 31.3 Å². The highest BCUT2D eigenvalue weighted by Gasteiger charge is 2.29. The number of anilines is 2. The van der Waals surface area contributed by atoms with Crippen LogP contribution in [0.3, 0.4) is 0 Å². The van der Waals surface area contributed by atoms with Crippen LogP contribution >= 0.6 is 0 Å². The largest absolute Gasteiger partial charge is 0.401 e. The molecule has 7 heteroatoms. The van der Waals surface area contributed by atoms with Gasteiger partial charge in [0, 0.05) is 11.4 Å². The van der Waals surface area contributed by atoms with Crippen LogP contribution in [0.1, 0.15) is 0 Å². The molecule has 0 aliphatic rings. The van der Waals surface area contributed by atoms with Crippen molar-refractivity contribution in [1.82, 2.24) is 4.90 Å². The highest BCUT2D eigenvalue weighted by atomic mass is 19.4. The fraction of sp³-hybridized carbons (Fsp3) is 0.364. The van der Waals surface area contributed by atoms with Gasteiger partial charge in [0.2, 0.25) is 5.91 Å². The number of carbonyl (C=O) groups excluding carboxylic acids is 1. The summed E-state index contributed by atoms with van der Waals surface area (Å²) in [5.41, 5.74) is 6.50. The van der Waals surface area contributed by atoms with Crippen molar-refractivity contribution in [3.8, 4) is 0 Å². The van der Waals surface area contributed by atoms with Crippen molar-refractivity contribution in [1.29, 1.82) is 0 Å². The fourth-order valence-electron chi connectivity index (χ4n) is 1.37. The third-order valence-electron chi connectivity index (χ3n) is 2.06. The quantitative estimate of drug-likeness (QED) is 0.811. The Bertz CT molecular complexity index is 403. The Balaban J connectivity index is 2.44. The Hall–Kier alpha value is -1.76. The molecule has 100 valence electrons. The lowest BCUT2D eigenvalue weighted by atomic mass is 10.3. The lowest BCUT2D eigenvalue weighted by Crippen LogP contribution is -2.36. The zero-order chi connectivity index (χ0) is 13.8. The van der Waals surface area contributed by atoms with Crippen molar-refractivity contribution in [3.05, 3.63) is 24.3 Å². The van der Waals surface area contributed by atoms with Crippen LogP contribution in [0.4, 0.5) is 24.5 Å². The van der Waals surface area contributed by atoms with Crippen molar-refractivity contribution in [3.63, 3.8) is 0 Å². The average molecular weight is 261 g/mol. The molecule has 1 aromatic carbocycles. The maximum absolute atomic E-state index is 12.0. The molecule has 4 nitrogen and oxygen atoms in total. The van der Waals surface area contributed by atoms with E-state index in [1.54, 1.807) is 24.3 Å². The van der Waals surface area contributed by atoms with Gasteiger partial charge in [0.1, 0.15) is 0 Å². The molecule has 3 N–H and O–H groups in total. The van der Waals surface area contributed by atoms with Crippen LogP contribution in [0.25, 0.3) is 0 Å². The summed E-state index contributed by atoms with van der Waals surface area (Å²) in [7, 11) is 1.23. The second-order valence-corrected chi connectivity index (χ2v) is 3.96. The van der Waals surface area contributed by atoms with Gasteiger partial charge in [-0.1, -0.05) is 0 Å². The van der Waals surface area contributed by atoms with E-state index in [4.69, 9.17) is 5.73 Å². The second kappa shape index (κ2) is 5.72. The maximum Gasteiger partial charge on any atom is 0.401 e. The molecule has 0 aliphatic carbocycles. The number of hydrogen-bond acceptors (Lipinski definition) is 3. The van der Waals surface area contributed by atoms with E-state index in [0.29, 0.717) is 11.4 Å². The van der Waals surface area contributed by atoms with Gasteiger partial charge in [-0.15, -0.1) is 0 Å². The second-order valence-electron chi connectivity index (χ2n) is 3.96. The minimum Gasteiger partial charge on any atom is -0.399 e. The molecule has 0 unspecified atom stereocenters. The molecular weight excluding hydrogens is 247 g/mol. The van der Waals surface area contributed by atoms with Crippen molar-refractivity contribution in [2.45, 2.75) is 6.18 Å². The Morgan fingerprint density at radius 3 is 2.39 bits per heavy atom. The zero-order valence-electron chi connectivity index (χ0n) is 9.79. The van der Waals surface area contributed by atoms with Gasteiger partial charge >= 0.3 is 6.18 Å². The summed E-state index contributed by atoms with van der Waals surface area (Å²) in [6, 6.07) is 6.35. The highest BCUT2D eigenvalue weighted by Crippen LogP contribution is 2.15. The van der Waals surface area contributed by atoms with Crippen LogP contribution in [0, 0.1) is 0 Å². The van der Waals surface area contributed by atoms with Crippen molar-refractivity contribution in [2.24, 2.45) is 0 Å². The van der Waals surface area contributed by atoms with Gasteiger partial charge in [0.25, 0.3) is 0 Å². The normalized spacial score (nSPS) is 11.6. The maximum atomic E-state index is 12.0. The molecule has 0 spiro atoms. The molecule has 0 saturated heterocycles. The average Bonchev–Trinajstić information content (AvgIpc) is 2.18. The van der Waals surface area contributed by atoms with Crippen molar-refractivity contribution in [2.75, 3.05) is 31.2 Å². The number of nitrogens with zero attached hydrogens (tertiary/aromatic N) is 1. The van der Waals surface area contributed by atoms with Gasteiger partial charge < -0.3 is 11.1 Å². The molecule has 0 aliphatic heterocycles. The first-order valence-corrected chi connectivity index (χ1v) is 5.17. The Labute approximate surface area is 103 Å². The monoisotopic (exact) mass is 261 g/mol. The predicted octanol–water partition coefficient (Wildman–Crippen LogP) is 1.70. The van der Waals surface area contributed by atoms with Gasteiger partial charge in [-0.3, -0.25) is 9.69 Å². The number of nitrogens with two attached hydrogens (primary N) is 1. The van der Waals surface area contributed by atoms with E-state index >= 15 is 0 Å². The minimum atomic E-state index is -4.31. The number of nitrogen functional groups attached to an aromatic ring is 1. The first kappa shape index (κ1) is 14.3. The number of alkyl halides is 3. The molecule has 0 radical (unpaired) electrons. The minimum absolute atomic E-state index is 0.329. The standard InChI is InChI=1S/C11H14F3N3O/c1-17(7-11(12,13)14)6-10(18)16-9-4-2-8(15)3-5-9/h2-5H,6-7,15H2,1H3,(H,16,18). The summed E-state index contributed by atoms with van der Waals surface area (Å²) >= 11 is 0. The molecule has 0 atom stereocenters. The number of halogens is 3. The number of carbonyl (C=O) groups is 1. The van der Waals surface area contributed by atoms with Crippen molar-refractivity contribution < 1.29 is 18.0 Å². The number of hydrogen-bond donors (Lipinski definition) is 2. The van der Waals surface area contributed by atoms with E-state index in [2.05, 4.69) is 5.32 Å². The molecule has 1 aromatic rings. The van der Waals surface area contributed by atoms with Crippen LogP contribution in [0.15, 0.2) is 24.3 Å². The Morgan fingerprint density at radius 1 is 1.33 bits per heavy atom. The molecule has 1 amide bonds. The number of amides is 1. The smallest absolute Gasteiger partial charge is 0.399 e. The molecule has 0 bridgehead atoms. The highest BCUT2D eigenvalue weighted by molar-refractivity contribution is 5.92. The molecule has 1 rings (SSSR count). The summed E-state index contributed by atoms with van der Waals surface area (Å²) in [6.45, 7) is -1.45. The summed E-state index contributed by atoms with van der Waals surface area (Å²) in [5.74, 6) is -0.508. The van der Waals surface area contributed by atoms with Gasteiger partial charge in [0.05, 0.1) is 13.1 Å². The van der Waals surface area contributed by atoms with Gasteiger partial charge in [-0.2, -0.15) is 13.2 Å². The Morgan fingerprint density at radius 2 is 1.89 bits per heavy atom. The first-order chi connectivity index (χ1) is 8.26. The van der Waals surface area contributed by atoms with Gasteiger partial charge in [0.15, 0.2) is 0 Å². The molecule has 18 heavy (non-hydrogen) atoms. The van der Waals surface area contributed by atoms with Crippen LogP contribution in [-0.2, 0) is 4.79 Å². The third kappa shape index (κ3) is 5.53. The van der Waals surface area contributed by atoms with E-state index in [9.17, 15) is 18.0 Å². The SMILES string of the molecule is CN(CC(=O)Nc1ccc(N)cc1)CC(F)(F)F. The predicted molar refractivity (Wildman–Crippen MR) is 63.0 cm³/mol. The Kier molecular flexibility index (Phi) is 4.55. The molecule has 0 heterocycles.